The van der Waals surface area contributed by atoms with Crippen LogP contribution in [0.25, 0.3) is 33.2 Å². The van der Waals surface area contributed by atoms with Gasteiger partial charge in [-0.1, -0.05) is 6.92 Å². The van der Waals surface area contributed by atoms with Crippen molar-refractivity contribution in [3.8, 4) is 11.1 Å². The fourth-order valence-corrected chi connectivity index (χ4v) is 4.68. The summed E-state index contributed by atoms with van der Waals surface area (Å²) in [6.45, 7) is 8.27. The van der Waals surface area contributed by atoms with Crippen LogP contribution in [0, 0.1) is 12.7 Å². The summed E-state index contributed by atoms with van der Waals surface area (Å²) >= 11 is 0. The average molecular weight is 436 g/mol. The van der Waals surface area contributed by atoms with Crippen LogP contribution in [0.2, 0.25) is 0 Å². The molecule has 1 unspecified atom stereocenters. The van der Waals surface area contributed by atoms with E-state index < -0.39 is 0 Å². The Labute approximate surface area is 187 Å². The largest absolute Gasteiger partial charge is 0.352 e. The van der Waals surface area contributed by atoms with E-state index in [1.165, 1.54) is 0 Å². The molecule has 8 heteroatoms. The van der Waals surface area contributed by atoms with Crippen LogP contribution in [0.1, 0.15) is 45.0 Å². The molecule has 0 radical (unpaired) electrons. The number of rotatable bonds is 5. The van der Waals surface area contributed by atoms with Crippen molar-refractivity contribution >= 4 is 28.0 Å². The summed E-state index contributed by atoms with van der Waals surface area (Å²) in [5.41, 5.74) is 3.74. The van der Waals surface area contributed by atoms with Gasteiger partial charge >= 0.3 is 0 Å². The number of imidazole rings is 1. The summed E-state index contributed by atoms with van der Waals surface area (Å²) in [5, 5.41) is 4.17. The summed E-state index contributed by atoms with van der Waals surface area (Å²) in [4.78, 5) is 19.2. The Morgan fingerprint density at radius 2 is 2.03 bits per heavy atom. The third-order valence-corrected chi connectivity index (χ3v) is 6.71. The van der Waals surface area contributed by atoms with Crippen molar-refractivity contribution in [2.75, 3.05) is 25.5 Å². The molecule has 0 spiro atoms. The lowest BCUT2D eigenvalue weighted by Gasteiger charge is -2.30. The summed E-state index contributed by atoms with van der Waals surface area (Å²) in [6, 6.07) is 4.26. The van der Waals surface area contributed by atoms with Gasteiger partial charge in [-0.15, -0.1) is 0 Å². The van der Waals surface area contributed by atoms with Crippen molar-refractivity contribution in [3.05, 3.63) is 36.2 Å². The third kappa shape index (κ3) is 3.62. The van der Waals surface area contributed by atoms with Crippen LogP contribution in [0.5, 0.6) is 0 Å². The fraction of sp³-hybridized carbons (Fsp3) is 0.458. The van der Waals surface area contributed by atoms with E-state index in [-0.39, 0.29) is 5.82 Å². The van der Waals surface area contributed by atoms with Gasteiger partial charge < -0.3 is 19.8 Å². The zero-order valence-electron chi connectivity index (χ0n) is 19.1. The molecule has 0 saturated carbocycles. The molecule has 1 aromatic carbocycles. The van der Waals surface area contributed by atoms with Crippen molar-refractivity contribution < 1.29 is 4.39 Å². The second-order valence-electron chi connectivity index (χ2n) is 9.00. The molecule has 0 bridgehead atoms. The highest BCUT2D eigenvalue weighted by Gasteiger charge is 2.24. The first-order valence-electron chi connectivity index (χ1n) is 11.4. The Morgan fingerprint density at radius 1 is 1.25 bits per heavy atom. The number of aromatic amines is 1. The number of hydrogen-bond donors (Lipinski definition) is 2. The Morgan fingerprint density at radius 3 is 2.78 bits per heavy atom. The smallest absolute Gasteiger partial charge is 0.224 e. The second-order valence-corrected chi connectivity index (χ2v) is 9.00. The molecule has 1 saturated heterocycles. The van der Waals surface area contributed by atoms with E-state index in [1.807, 2.05) is 13.1 Å². The molecule has 2 N–H and O–H groups in total. The van der Waals surface area contributed by atoms with E-state index in [0.29, 0.717) is 23.5 Å². The maximum atomic E-state index is 15.2. The van der Waals surface area contributed by atoms with Crippen LogP contribution in [0.15, 0.2) is 24.5 Å². The molecule has 4 aromatic rings. The summed E-state index contributed by atoms with van der Waals surface area (Å²) in [7, 11) is 2.15. The standard InChI is InChI=1S/C24H30FN7/c1-5-14(2)28-24-27-13-19-18(12-26-23(19)30-24)16-10-20(25)22-21(11-16)32(15(3)29-22)17-6-8-31(4)9-7-17/h10-14,17H,5-9H2,1-4H3,(H2,26,27,28,30). The normalized spacial score (nSPS) is 16.8. The van der Waals surface area contributed by atoms with Gasteiger partial charge in [-0.2, -0.15) is 4.98 Å². The highest BCUT2D eigenvalue weighted by molar-refractivity contribution is 5.96. The topological polar surface area (TPSA) is 74.7 Å². The van der Waals surface area contributed by atoms with Gasteiger partial charge in [-0.05, 0) is 70.9 Å². The molecule has 1 aliphatic heterocycles. The SMILES string of the molecule is CCC(C)Nc1ncc2c(-c3cc(F)c4nc(C)n(C5CCN(C)CC5)c4c3)c[nH]c2n1. The molecule has 32 heavy (non-hydrogen) atoms. The lowest BCUT2D eigenvalue weighted by Crippen LogP contribution is -2.31. The molecule has 1 aliphatic rings. The number of aromatic nitrogens is 5. The van der Waals surface area contributed by atoms with E-state index in [2.05, 4.69) is 61.7 Å². The predicted octanol–water partition coefficient (Wildman–Crippen LogP) is 4.90. The first-order chi connectivity index (χ1) is 15.4. The Balaban J connectivity index is 1.57. The second kappa shape index (κ2) is 8.16. The Bertz CT molecular complexity index is 1270. The molecule has 5 rings (SSSR count). The number of halogens is 1. The number of benzene rings is 1. The molecular weight excluding hydrogens is 405 g/mol. The minimum atomic E-state index is -0.294. The number of piperidine rings is 1. The minimum Gasteiger partial charge on any atom is -0.352 e. The maximum Gasteiger partial charge on any atom is 0.224 e. The molecule has 4 heterocycles. The summed E-state index contributed by atoms with van der Waals surface area (Å²) < 4.78 is 17.4. The van der Waals surface area contributed by atoms with Crippen LogP contribution in [0.4, 0.5) is 10.3 Å². The van der Waals surface area contributed by atoms with Gasteiger partial charge in [0.25, 0.3) is 0 Å². The number of nitrogens with zero attached hydrogens (tertiary/aromatic N) is 5. The highest BCUT2D eigenvalue weighted by atomic mass is 19.1. The Kier molecular flexibility index (Phi) is 5.33. The lowest BCUT2D eigenvalue weighted by atomic mass is 10.0. The minimum absolute atomic E-state index is 0.293. The zero-order chi connectivity index (χ0) is 22.4. The van der Waals surface area contributed by atoms with Crippen molar-refractivity contribution in [3.63, 3.8) is 0 Å². The molecule has 3 aromatic heterocycles. The molecular formula is C24H30FN7. The number of aryl methyl sites for hydroxylation is 1. The first-order valence-corrected chi connectivity index (χ1v) is 11.4. The van der Waals surface area contributed by atoms with E-state index in [1.54, 1.807) is 12.3 Å². The van der Waals surface area contributed by atoms with E-state index in [4.69, 9.17) is 0 Å². The van der Waals surface area contributed by atoms with Crippen LogP contribution in [-0.2, 0) is 0 Å². The number of hydrogen-bond acceptors (Lipinski definition) is 5. The summed E-state index contributed by atoms with van der Waals surface area (Å²) in [5.74, 6) is 1.17. The molecule has 168 valence electrons. The quantitative estimate of drug-likeness (QED) is 0.466. The highest BCUT2D eigenvalue weighted by Crippen LogP contribution is 2.35. The summed E-state index contributed by atoms with van der Waals surface area (Å²) in [6.07, 6.45) is 6.76. The van der Waals surface area contributed by atoms with E-state index in [0.717, 1.165) is 65.9 Å². The van der Waals surface area contributed by atoms with Crippen LogP contribution in [0.3, 0.4) is 0 Å². The predicted molar refractivity (Wildman–Crippen MR) is 126 cm³/mol. The molecule has 1 atom stereocenters. The number of likely N-dealkylation sites (tertiary alicyclic amines) is 1. The first kappa shape index (κ1) is 20.9. The molecule has 7 nitrogen and oxygen atoms in total. The molecule has 0 aliphatic carbocycles. The van der Waals surface area contributed by atoms with E-state index in [9.17, 15) is 0 Å². The number of nitrogens with one attached hydrogen (secondary N) is 2. The van der Waals surface area contributed by atoms with Gasteiger partial charge in [0, 0.05) is 35.4 Å². The third-order valence-electron chi connectivity index (χ3n) is 6.71. The van der Waals surface area contributed by atoms with Gasteiger partial charge in [0.05, 0.1) is 5.52 Å². The number of fused-ring (bicyclic) bond motifs is 2. The lowest BCUT2D eigenvalue weighted by molar-refractivity contribution is 0.222. The van der Waals surface area contributed by atoms with Crippen molar-refractivity contribution in [1.29, 1.82) is 0 Å². The Hall–Kier alpha value is -3.00. The van der Waals surface area contributed by atoms with Gasteiger partial charge in [0.1, 0.15) is 17.0 Å². The molecule has 1 fully saturated rings. The average Bonchev–Trinajstić information content (AvgIpc) is 3.35. The monoisotopic (exact) mass is 435 g/mol. The van der Waals surface area contributed by atoms with Gasteiger partial charge in [-0.25, -0.2) is 14.4 Å². The van der Waals surface area contributed by atoms with Gasteiger partial charge in [-0.3, -0.25) is 0 Å². The van der Waals surface area contributed by atoms with Crippen molar-refractivity contribution in [2.45, 2.75) is 52.1 Å². The zero-order valence-corrected chi connectivity index (χ0v) is 19.1. The maximum absolute atomic E-state index is 15.2. The number of anilines is 1. The van der Waals surface area contributed by atoms with Crippen LogP contribution >= 0.6 is 0 Å². The number of H-pyrrole nitrogens is 1. The van der Waals surface area contributed by atoms with Crippen LogP contribution < -0.4 is 5.32 Å². The fourth-order valence-electron chi connectivity index (χ4n) is 4.68. The van der Waals surface area contributed by atoms with E-state index >= 15 is 4.39 Å². The molecule has 0 amide bonds. The van der Waals surface area contributed by atoms with Crippen molar-refractivity contribution in [2.24, 2.45) is 0 Å². The van der Waals surface area contributed by atoms with Gasteiger partial charge in [0.2, 0.25) is 5.95 Å². The van der Waals surface area contributed by atoms with Crippen molar-refractivity contribution in [1.82, 2.24) is 29.4 Å². The van der Waals surface area contributed by atoms with Gasteiger partial charge in [0.15, 0.2) is 5.82 Å². The van der Waals surface area contributed by atoms with Crippen LogP contribution in [-0.4, -0.2) is 55.6 Å².